The van der Waals surface area contributed by atoms with Crippen molar-refractivity contribution in [3.05, 3.63) is 0 Å². The molecule has 4 nitrogen and oxygen atoms in total. The largest absolute Gasteiger partial charge is 0.345 e. The maximum absolute atomic E-state index is 11.8. The number of hydrogen-bond donors (Lipinski definition) is 0. The zero-order chi connectivity index (χ0) is 12.8. The summed E-state index contributed by atoms with van der Waals surface area (Å²) >= 11 is 1.48. The van der Waals surface area contributed by atoms with Gasteiger partial charge in [-0.2, -0.15) is 0 Å². The van der Waals surface area contributed by atoms with E-state index in [9.17, 15) is 9.59 Å². The van der Waals surface area contributed by atoms with Crippen LogP contribution in [-0.4, -0.2) is 59.8 Å². The van der Waals surface area contributed by atoms with Gasteiger partial charge in [0.05, 0.1) is 11.0 Å². The second-order valence-electron chi connectivity index (χ2n) is 4.52. The minimum atomic E-state index is -0.0106. The van der Waals surface area contributed by atoms with E-state index in [1.165, 1.54) is 11.8 Å². The number of unbranched alkanes of at least 4 members (excludes halogenated alkanes) is 1. The molecule has 1 aliphatic heterocycles. The van der Waals surface area contributed by atoms with Crippen LogP contribution in [0.15, 0.2) is 0 Å². The van der Waals surface area contributed by atoms with Crippen molar-refractivity contribution in [2.45, 2.75) is 31.4 Å². The lowest BCUT2D eigenvalue weighted by atomic mass is 10.3. The third kappa shape index (κ3) is 4.22. The number of nitrogens with zero attached hydrogens (tertiary/aromatic N) is 2. The molecule has 1 saturated heterocycles. The number of rotatable bonds is 6. The van der Waals surface area contributed by atoms with Crippen molar-refractivity contribution in [2.75, 3.05) is 32.9 Å². The van der Waals surface area contributed by atoms with Crippen LogP contribution < -0.4 is 0 Å². The molecular weight excluding hydrogens is 236 g/mol. The van der Waals surface area contributed by atoms with E-state index in [2.05, 4.69) is 6.92 Å². The molecule has 0 spiro atoms. The van der Waals surface area contributed by atoms with E-state index in [-0.39, 0.29) is 17.1 Å². The van der Waals surface area contributed by atoms with Crippen LogP contribution in [0.4, 0.5) is 0 Å². The van der Waals surface area contributed by atoms with Gasteiger partial charge in [0.25, 0.3) is 0 Å². The molecule has 0 radical (unpaired) electrons. The summed E-state index contributed by atoms with van der Waals surface area (Å²) in [6, 6.07) is 0. The van der Waals surface area contributed by atoms with Gasteiger partial charge in [0.15, 0.2) is 0 Å². The Balaban J connectivity index is 2.26. The molecule has 2 amide bonds. The first-order valence-corrected chi connectivity index (χ1v) is 7.21. The molecule has 0 bridgehead atoms. The van der Waals surface area contributed by atoms with Crippen molar-refractivity contribution >= 4 is 23.6 Å². The standard InChI is InChI=1S/C12H22N2O2S/c1-4-5-7-13(2)11(15)9-17-10-6-8-14(3)12(10)16/h10H,4-9H2,1-3H3/t10-/m0/s1. The van der Waals surface area contributed by atoms with Crippen LogP contribution in [0.5, 0.6) is 0 Å². The van der Waals surface area contributed by atoms with Crippen LogP contribution in [0.25, 0.3) is 0 Å². The smallest absolute Gasteiger partial charge is 0.235 e. The number of likely N-dealkylation sites (tertiary alicyclic amines) is 1. The van der Waals surface area contributed by atoms with E-state index in [1.807, 2.05) is 14.1 Å². The van der Waals surface area contributed by atoms with E-state index < -0.39 is 0 Å². The molecule has 98 valence electrons. The lowest BCUT2D eigenvalue weighted by Gasteiger charge is -2.17. The second-order valence-corrected chi connectivity index (χ2v) is 5.71. The van der Waals surface area contributed by atoms with Crippen LogP contribution in [0.1, 0.15) is 26.2 Å². The fraction of sp³-hybridized carbons (Fsp3) is 0.833. The predicted octanol–water partition coefficient (Wildman–Crippen LogP) is 1.21. The molecule has 0 aromatic rings. The average Bonchev–Trinajstić information content (AvgIpc) is 2.64. The Bertz CT molecular complexity index is 284. The van der Waals surface area contributed by atoms with Gasteiger partial charge in [-0.1, -0.05) is 13.3 Å². The van der Waals surface area contributed by atoms with Gasteiger partial charge >= 0.3 is 0 Å². The molecular formula is C12H22N2O2S. The molecule has 1 fully saturated rings. The number of hydrogen-bond acceptors (Lipinski definition) is 3. The summed E-state index contributed by atoms with van der Waals surface area (Å²) in [6.45, 7) is 3.74. The highest BCUT2D eigenvalue weighted by atomic mass is 32.2. The topological polar surface area (TPSA) is 40.6 Å². The zero-order valence-electron chi connectivity index (χ0n) is 10.9. The van der Waals surface area contributed by atoms with Crippen LogP contribution in [0, 0.1) is 0 Å². The molecule has 17 heavy (non-hydrogen) atoms. The second kappa shape index (κ2) is 6.89. The van der Waals surface area contributed by atoms with Gasteiger partial charge in [0.2, 0.25) is 11.8 Å². The quantitative estimate of drug-likeness (QED) is 0.719. The molecule has 0 aromatic carbocycles. The first kappa shape index (κ1) is 14.4. The first-order chi connectivity index (χ1) is 8.06. The first-order valence-electron chi connectivity index (χ1n) is 6.16. The van der Waals surface area contributed by atoms with E-state index in [0.717, 1.165) is 32.4 Å². The molecule has 1 heterocycles. The van der Waals surface area contributed by atoms with E-state index in [1.54, 1.807) is 9.80 Å². The van der Waals surface area contributed by atoms with Gasteiger partial charge in [0, 0.05) is 27.2 Å². The molecule has 1 rings (SSSR count). The lowest BCUT2D eigenvalue weighted by molar-refractivity contribution is -0.127. The summed E-state index contributed by atoms with van der Waals surface area (Å²) in [5, 5.41) is -0.0106. The fourth-order valence-electron chi connectivity index (χ4n) is 1.75. The molecule has 0 N–H and O–H groups in total. The Labute approximate surface area is 108 Å². The third-order valence-corrected chi connectivity index (χ3v) is 4.31. The number of carbonyl (C=O) groups excluding carboxylic acids is 2. The van der Waals surface area contributed by atoms with Crippen LogP contribution in [0.2, 0.25) is 0 Å². The van der Waals surface area contributed by atoms with Gasteiger partial charge in [-0.15, -0.1) is 11.8 Å². The van der Waals surface area contributed by atoms with Crippen molar-refractivity contribution in [1.82, 2.24) is 9.80 Å². The maximum atomic E-state index is 11.8. The average molecular weight is 258 g/mol. The van der Waals surface area contributed by atoms with Crippen molar-refractivity contribution < 1.29 is 9.59 Å². The molecule has 1 aliphatic rings. The normalized spacial score (nSPS) is 19.8. The summed E-state index contributed by atoms with van der Waals surface area (Å²) in [5.74, 6) is 0.717. The number of thioether (sulfide) groups is 1. The highest BCUT2D eigenvalue weighted by Gasteiger charge is 2.29. The Kier molecular flexibility index (Phi) is 5.82. The molecule has 5 heteroatoms. The minimum absolute atomic E-state index is 0.0106. The monoisotopic (exact) mass is 258 g/mol. The molecule has 1 atom stereocenters. The Morgan fingerprint density at radius 3 is 2.82 bits per heavy atom. The van der Waals surface area contributed by atoms with E-state index in [0.29, 0.717) is 5.75 Å². The zero-order valence-corrected chi connectivity index (χ0v) is 11.8. The van der Waals surface area contributed by atoms with Crippen molar-refractivity contribution in [3.8, 4) is 0 Å². The van der Waals surface area contributed by atoms with Gasteiger partial charge in [-0.05, 0) is 12.8 Å². The lowest BCUT2D eigenvalue weighted by Crippen LogP contribution is -2.31. The Hall–Kier alpha value is -0.710. The van der Waals surface area contributed by atoms with Crippen LogP contribution in [0.3, 0.4) is 0 Å². The summed E-state index contributed by atoms with van der Waals surface area (Å²) in [7, 11) is 3.65. The van der Waals surface area contributed by atoms with Crippen molar-refractivity contribution in [2.24, 2.45) is 0 Å². The van der Waals surface area contributed by atoms with Crippen LogP contribution >= 0.6 is 11.8 Å². The summed E-state index contributed by atoms with van der Waals surface area (Å²) in [6.07, 6.45) is 3.00. The summed E-state index contributed by atoms with van der Waals surface area (Å²) in [5.41, 5.74) is 0. The molecule has 0 aliphatic carbocycles. The van der Waals surface area contributed by atoms with Crippen molar-refractivity contribution in [3.63, 3.8) is 0 Å². The highest BCUT2D eigenvalue weighted by Crippen LogP contribution is 2.23. The fourth-order valence-corrected chi connectivity index (χ4v) is 2.91. The summed E-state index contributed by atoms with van der Waals surface area (Å²) < 4.78 is 0. The SMILES string of the molecule is CCCCN(C)C(=O)CS[C@H]1CCN(C)C1=O. The molecule has 0 unspecified atom stereocenters. The van der Waals surface area contributed by atoms with Gasteiger partial charge < -0.3 is 9.80 Å². The highest BCUT2D eigenvalue weighted by molar-refractivity contribution is 8.01. The molecule has 0 aromatic heterocycles. The Morgan fingerprint density at radius 1 is 1.59 bits per heavy atom. The third-order valence-electron chi connectivity index (χ3n) is 3.06. The van der Waals surface area contributed by atoms with Gasteiger partial charge in [-0.25, -0.2) is 0 Å². The van der Waals surface area contributed by atoms with Gasteiger partial charge in [0.1, 0.15) is 0 Å². The maximum Gasteiger partial charge on any atom is 0.235 e. The summed E-state index contributed by atoms with van der Waals surface area (Å²) in [4.78, 5) is 26.9. The predicted molar refractivity (Wildman–Crippen MR) is 71.0 cm³/mol. The van der Waals surface area contributed by atoms with Gasteiger partial charge in [-0.3, -0.25) is 9.59 Å². The Morgan fingerprint density at radius 2 is 2.29 bits per heavy atom. The minimum Gasteiger partial charge on any atom is -0.345 e. The van der Waals surface area contributed by atoms with Crippen LogP contribution in [-0.2, 0) is 9.59 Å². The van der Waals surface area contributed by atoms with Crippen molar-refractivity contribution in [1.29, 1.82) is 0 Å². The van der Waals surface area contributed by atoms with E-state index >= 15 is 0 Å². The number of amides is 2. The van der Waals surface area contributed by atoms with E-state index in [4.69, 9.17) is 0 Å². The molecule has 0 saturated carbocycles. The number of carbonyl (C=O) groups is 2.